The number of ketones is 1. The zero-order valence-corrected chi connectivity index (χ0v) is 21.4. The number of para-hydroxylation sites is 1. The third-order valence-electron chi connectivity index (χ3n) is 6.30. The Morgan fingerprint density at radius 1 is 1.16 bits per heavy atom. The molecular weight excluding hydrogens is 470 g/mol. The molecule has 0 spiro atoms. The largest absolute Gasteiger partial charge is 0.480 e. The van der Waals surface area contributed by atoms with Crippen molar-refractivity contribution in [1.82, 2.24) is 24.8 Å². The molecule has 0 aliphatic carbocycles. The molecule has 4 rings (SSSR count). The smallest absolute Gasteiger partial charge is 0.224 e. The first-order chi connectivity index (χ1) is 18.1. The molecule has 0 aliphatic heterocycles. The number of unbranched alkanes of at least 4 members (excludes halogenated alkanes) is 2. The number of rotatable bonds is 14. The maximum Gasteiger partial charge on any atom is 0.224 e. The topological polar surface area (TPSA) is 112 Å². The van der Waals surface area contributed by atoms with Crippen LogP contribution in [0.1, 0.15) is 63.8 Å². The van der Waals surface area contributed by atoms with E-state index in [1.54, 1.807) is 25.8 Å². The Labute approximate surface area is 216 Å². The van der Waals surface area contributed by atoms with Crippen molar-refractivity contribution >= 4 is 22.6 Å². The van der Waals surface area contributed by atoms with Gasteiger partial charge in [-0.2, -0.15) is 0 Å². The van der Waals surface area contributed by atoms with Gasteiger partial charge in [0.1, 0.15) is 11.8 Å². The monoisotopic (exact) mass is 503 g/mol. The highest BCUT2D eigenvalue weighted by Crippen LogP contribution is 2.33. The first kappa shape index (κ1) is 26.1. The molecule has 0 radical (unpaired) electrons. The number of hydrogen-bond acceptors (Lipinski definition) is 7. The van der Waals surface area contributed by atoms with Crippen LogP contribution in [-0.4, -0.2) is 38.3 Å². The number of ether oxygens (including phenoxy) is 1. The number of fused-ring (bicyclic) bond motifs is 1. The lowest BCUT2D eigenvalue weighted by molar-refractivity contribution is -0.122. The number of aromatic nitrogens is 4. The zero-order chi connectivity index (χ0) is 26.0. The average Bonchev–Trinajstić information content (AvgIpc) is 3.63. The van der Waals surface area contributed by atoms with Crippen molar-refractivity contribution in [3.05, 3.63) is 61.1 Å². The van der Waals surface area contributed by atoms with Crippen LogP contribution in [0.3, 0.4) is 0 Å². The van der Waals surface area contributed by atoms with Crippen molar-refractivity contribution < 1.29 is 18.7 Å². The molecule has 0 fully saturated rings. The maximum absolute atomic E-state index is 12.8. The minimum Gasteiger partial charge on any atom is -0.480 e. The van der Waals surface area contributed by atoms with Crippen molar-refractivity contribution in [2.45, 2.75) is 64.5 Å². The number of nitrogens with one attached hydrogen (secondary N) is 1. The summed E-state index contributed by atoms with van der Waals surface area (Å²) in [6.07, 6.45) is 11.6. The van der Waals surface area contributed by atoms with Crippen molar-refractivity contribution in [3.8, 4) is 17.2 Å². The molecule has 1 N–H and O–H groups in total. The summed E-state index contributed by atoms with van der Waals surface area (Å²) in [6.45, 7) is 2.42. The van der Waals surface area contributed by atoms with Gasteiger partial charge in [-0.05, 0) is 25.0 Å². The summed E-state index contributed by atoms with van der Waals surface area (Å²) in [5.41, 5.74) is 1.52. The molecule has 194 valence electrons. The molecule has 3 aromatic heterocycles. The van der Waals surface area contributed by atoms with E-state index in [0.717, 1.165) is 30.2 Å². The van der Waals surface area contributed by atoms with E-state index in [4.69, 9.17) is 9.15 Å². The number of Topliss-reactive ketones (excluding diaryl/α,β-unsaturated/α-hetero) is 1. The van der Waals surface area contributed by atoms with Crippen LogP contribution in [0.15, 0.2) is 59.7 Å². The van der Waals surface area contributed by atoms with E-state index in [2.05, 4.69) is 20.3 Å². The molecule has 1 aromatic carbocycles. The standard InChI is InChI=1S/C28H33N5O4/c1-3-21(34)10-5-4-6-12-24(31-26(35)13-15-33-16-14-29-19-33)28-30-18-25(37-28)22-17-20-9-7-8-11-23(20)32-27(22)36-2/h7-9,11,14,16-19,24H,3-6,10,12-13,15H2,1-2H3,(H,31,35)/t24-/m0/s1. The summed E-state index contributed by atoms with van der Waals surface area (Å²) < 4.78 is 13.6. The van der Waals surface area contributed by atoms with Gasteiger partial charge in [0.25, 0.3) is 0 Å². The van der Waals surface area contributed by atoms with Gasteiger partial charge in [-0.1, -0.05) is 38.0 Å². The van der Waals surface area contributed by atoms with Gasteiger partial charge in [-0.3, -0.25) is 9.59 Å². The Bertz CT molecular complexity index is 1320. The number of hydrogen-bond donors (Lipinski definition) is 1. The molecule has 0 saturated heterocycles. The quantitative estimate of drug-likeness (QED) is 0.233. The number of methoxy groups -OCH3 is 1. The van der Waals surface area contributed by atoms with Gasteiger partial charge in [-0.15, -0.1) is 0 Å². The molecular formula is C28H33N5O4. The third kappa shape index (κ3) is 7.03. The molecule has 9 nitrogen and oxygen atoms in total. The highest BCUT2D eigenvalue weighted by molar-refractivity contribution is 5.85. The Balaban J connectivity index is 1.49. The number of aryl methyl sites for hydroxylation is 1. The second-order valence-corrected chi connectivity index (χ2v) is 8.96. The van der Waals surface area contributed by atoms with E-state index >= 15 is 0 Å². The molecule has 0 bridgehead atoms. The number of amides is 1. The number of nitrogens with zero attached hydrogens (tertiary/aromatic N) is 4. The molecule has 3 heterocycles. The molecule has 1 atom stereocenters. The van der Waals surface area contributed by atoms with Gasteiger partial charge in [0.05, 0.1) is 30.7 Å². The molecule has 37 heavy (non-hydrogen) atoms. The van der Waals surface area contributed by atoms with Crippen molar-refractivity contribution in [1.29, 1.82) is 0 Å². The van der Waals surface area contributed by atoms with Gasteiger partial charge in [0, 0.05) is 43.6 Å². The van der Waals surface area contributed by atoms with Crippen molar-refractivity contribution in [2.24, 2.45) is 0 Å². The number of carbonyl (C=O) groups excluding carboxylic acids is 2. The SMILES string of the molecule is CCC(=O)CCCCC[C@H](NC(=O)CCn1ccnc1)c1ncc(-c2cc3ccccc3nc2OC)o1. The van der Waals surface area contributed by atoms with Crippen LogP contribution in [0, 0.1) is 0 Å². The lowest BCUT2D eigenvalue weighted by Gasteiger charge is -2.16. The van der Waals surface area contributed by atoms with Crippen LogP contribution in [0.2, 0.25) is 0 Å². The summed E-state index contributed by atoms with van der Waals surface area (Å²) in [5, 5.41) is 4.05. The minimum atomic E-state index is -0.384. The van der Waals surface area contributed by atoms with E-state index in [1.165, 1.54) is 0 Å². The second kappa shape index (κ2) is 12.8. The molecule has 0 aliphatic rings. The normalized spacial score (nSPS) is 11.9. The number of benzene rings is 1. The van der Waals surface area contributed by atoms with Gasteiger partial charge in [0.15, 0.2) is 5.76 Å². The minimum absolute atomic E-state index is 0.0930. The van der Waals surface area contributed by atoms with Gasteiger partial charge in [-0.25, -0.2) is 15.0 Å². The average molecular weight is 504 g/mol. The maximum atomic E-state index is 12.8. The van der Waals surface area contributed by atoms with Gasteiger partial charge < -0.3 is 19.0 Å². The number of imidazole rings is 1. The van der Waals surface area contributed by atoms with Crippen LogP contribution in [0.4, 0.5) is 0 Å². The van der Waals surface area contributed by atoms with E-state index in [-0.39, 0.29) is 17.7 Å². The fourth-order valence-corrected chi connectivity index (χ4v) is 4.20. The van der Waals surface area contributed by atoms with Crippen molar-refractivity contribution in [2.75, 3.05) is 7.11 Å². The second-order valence-electron chi connectivity index (χ2n) is 8.96. The summed E-state index contributed by atoms with van der Waals surface area (Å²) in [5.74, 6) is 1.59. The first-order valence-electron chi connectivity index (χ1n) is 12.7. The van der Waals surface area contributed by atoms with E-state index < -0.39 is 0 Å². The predicted octanol–water partition coefficient (Wildman–Crippen LogP) is 5.27. The zero-order valence-electron chi connectivity index (χ0n) is 21.4. The summed E-state index contributed by atoms with van der Waals surface area (Å²) in [7, 11) is 1.57. The number of pyridine rings is 1. The third-order valence-corrected chi connectivity index (χ3v) is 6.30. The predicted molar refractivity (Wildman–Crippen MR) is 140 cm³/mol. The van der Waals surface area contributed by atoms with E-state index in [0.29, 0.717) is 55.3 Å². The van der Waals surface area contributed by atoms with Gasteiger partial charge >= 0.3 is 0 Å². The van der Waals surface area contributed by atoms with Crippen LogP contribution in [0.25, 0.3) is 22.2 Å². The summed E-state index contributed by atoms with van der Waals surface area (Å²) in [4.78, 5) is 37.5. The summed E-state index contributed by atoms with van der Waals surface area (Å²) >= 11 is 0. The fourth-order valence-electron chi connectivity index (χ4n) is 4.20. The Morgan fingerprint density at radius 2 is 2.03 bits per heavy atom. The lowest BCUT2D eigenvalue weighted by atomic mass is 10.0. The molecule has 9 heteroatoms. The van der Waals surface area contributed by atoms with E-state index in [9.17, 15) is 9.59 Å². The molecule has 4 aromatic rings. The lowest BCUT2D eigenvalue weighted by Crippen LogP contribution is -2.29. The Hall–Kier alpha value is -4.01. The Kier molecular flexibility index (Phi) is 9.02. The van der Waals surface area contributed by atoms with E-state index in [1.807, 2.05) is 48.0 Å². The highest BCUT2D eigenvalue weighted by Gasteiger charge is 2.22. The number of carbonyl (C=O) groups is 2. The van der Waals surface area contributed by atoms with Crippen LogP contribution in [0.5, 0.6) is 5.88 Å². The van der Waals surface area contributed by atoms with Gasteiger partial charge in [0.2, 0.25) is 17.7 Å². The van der Waals surface area contributed by atoms with Crippen LogP contribution < -0.4 is 10.1 Å². The molecule has 0 saturated carbocycles. The van der Waals surface area contributed by atoms with Crippen LogP contribution >= 0.6 is 0 Å². The highest BCUT2D eigenvalue weighted by atomic mass is 16.5. The van der Waals surface area contributed by atoms with Crippen molar-refractivity contribution in [3.63, 3.8) is 0 Å². The molecule has 1 amide bonds. The van der Waals surface area contributed by atoms with Crippen LogP contribution in [-0.2, 0) is 16.1 Å². The summed E-state index contributed by atoms with van der Waals surface area (Å²) in [6, 6.07) is 9.38. The first-order valence-corrected chi connectivity index (χ1v) is 12.7. The number of oxazole rings is 1. The molecule has 0 unspecified atom stereocenters. The Morgan fingerprint density at radius 3 is 2.81 bits per heavy atom. The fraction of sp³-hybridized carbons (Fsp3) is 0.393.